The molecule has 0 saturated heterocycles. The van der Waals surface area contributed by atoms with E-state index in [2.05, 4.69) is 23.0 Å². The van der Waals surface area contributed by atoms with E-state index >= 15 is 0 Å². The van der Waals surface area contributed by atoms with Crippen LogP contribution in [0.25, 0.3) is 21.6 Å². The fourth-order valence-electron chi connectivity index (χ4n) is 2.05. The number of anilines is 1. The SMILES string of the molecule is Cc1ccc(-c2nc(N)c3c(C)cccc3n2)s1. The number of rotatable bonds is 1. The van der Waals surface area contributed by atoms with Gasteiger partial charge in [-0.25, -0.2) is 9.97 Å². The summed E-state index contributed by atoms with van der Waals surface area (Å²) >= 11 is 1.68. The molecule has 0 unspecified atom stereocenters. The average molecular weight is 255 g/mol. The van der Waals surface area contributed by atoms with Gasteiger partial charge in [0.1, 0.15) is 5.82 Å². The van der Waals surface area contributed by atoms with Gasteiger partial charge in [0, 0.05) is 10.3 Å². The maximum Gasteiger partial charge on any atom is 0.172 e. The summed E-state index contributed by atoms with van der Waals surface area (Å²) in [4.78, 5) is 11.3. The molecule has 2 aromatic heterocycles. The number of nitrogen functional groups attached to an aromatic ring is 1. The highest BCUT2D eigenvalue weighted by atomic mass is 32.1. The minimum atomic E-state index is 0.555. The molecule has 2 heterocycles. The molecule has 0 bridgehead atoms. The summed E-state index contributed by atoms with van der Waals surface area (Å²) in [5.74, 6) is 1.27. The van der Waals surface area contributed by atoms with E-state index in [0.717, 1.165) is 21.3 Å². The number of thiophene rings is 1. The first kappa shape index (κ1) is 11.2. The second-order valence-corrected chi connectivity index (χ2v) is 5.60. The lowest BCUT2D eigenvalue weighted by Crippen LogP contribution is -1.98. The van der Waals surface area contributed by atoms with E-state index in [1.54, 1.807) is 11.3 Å². The van der Waals surface area contributed by atoms with Crippen molar-refractivity contribution in [2.75, 3.05) is 5.73 Å². The third kappa shape index (κ3) is 1.75. The Morgan fingerprint density at radius 2 is 1.89 bits per heavy atom. The van der Waals surface area contributed by atoms with Crippen LogP contribution in [0.5, 0.6) is 0 Å². The smallest absolute Gasteiger partial charge is 0.172 e. The van der Waals surface area contributed by atoms with Crippen LogP contribution in [0.2, 0.25) is 0 Å². The Morgan fingerprint density at radius 1 is 1.06 bits per heavy atom. The minimum absolute atomic E-state index is 0.555. The first-order chi connectivity index (χ1) is 8.65. The number of hydrogen-bond acceptors (Lipinski definition) is 4. The number of hydrogen-bond donors (Lipinski definition) is 1. The third-order valence-electron chi connectivity index (χ3n) is 2.92. The molecule has 90 valence electrons. The molecule has 0 aliphatic carbocycles. The molecule has 0 aliphatic heterocycles. The van der Waals surface area contributed by atoms with E-state index < -0.39 is 0 Å². The normalized spacial score (nSPS) is 11.0. The van der Waals surface area contributed by atoms with Crippen LogP contribution in [-0.2, 0) is 0 Å². The predicted octanol–water partition coefficient (Wildman–Crippen LogP) is 3.56. The zero-order chi connectivity index (χ0) is 12.7. The lowest BCUT2D eigenvalue weighted by atomic mass is 10.1. The van der Waals surface area contributed by atoms with Crippen molar-refractivity contribution in [2.24, 2.45) is 0 Å². The van der Waals surface area contributed by atoms with Crippen molar-refractivity contribution in [1.29, 1.82) is 0 Å². The fourth-order valence-corrected chi connectivity index (χ4v) is 2.85. The molecule has 3 nitrogen and oxygen atoms in total. The van der Waals surface area contributed by atoms with Crippen LogP contribution in [0.1, 0.15) is 10.4 Å². The minimum Gasteiger partial charge on any atom is -0.383 e. The second kappa shape index (κ2) is 4.07. The van der Waals surface area contributed by atoms with Crippen molar-refractivity contribution < 1.29 is 0 Å². The van der Waals surface area contributed by atoms with E-state index in [1.165, 1.54) is 4.88 Å². The molecule has 0 spiro atoms. The van der Waals surface area contributed by atoms with E-state index in [4.69, 9.17) is 5.73 Å². The van der Waals surface area contributed by atoms with Gasteiger partial charge in [-0.1, -0.05) is 12.1 Å². The largest absolute Gasteiger partial charge is 0.383 e. The van der Waals surface area contributed by atoms with E-state index in [9.17, 15) is 0 Å². The Kier molecular flexibility index (Phi) is 2.52. The summed E-state index contributed by atoms with van der Waals surface area (Å²) in [6, 6.07) is 10.1. The predicted molar refractivity (Wildman–Crippen MR) is 76.7 cm³/mol. The van der Waals surface area contributed by atoms with E-state index in [-0.39, 0.29) is 0 Å². The Morgan fingerprint density at radius 3 is 2.61 bits per heavy atom. The van der Waals surface area contributed by atoms with Crippen molar-refractivity contribution in [3.8, 4) is 10.7 Å². The molecule has 18 heavy (non-hydrogen) atoms. The van der Waals surface area contributed by atoms with Crippen LogP contribution >= 0.6 is 11.3 Å². The summed E-state index contributed by atoms with van der Waals surface area (Å²) in [6.07, 6.45) is 0. The maximum absolute atomic E-state index is 6.06. The molecule has 1 aromatic carbocycles. The van der Waals surface area contributed by atoms with Gasteiger partial charge in [-0.2, -0.15) is 0 Å². The zero-order valence-electron chi connectivity index (χ0n) is 10.3. The topological polar surface area (TPSA) is 51.8 Å². The molecule has 0 aliphatic rings. The van der Waals surface area contributed by atoms with Gasteiger partial charge in [0.15, 0.2) is 5.82 Å². The first-order valence-corrected chi connectivity index (χ1v) is 6.56. The van der Waals surface area contributed by atoms with Gasteiger partial charge in [0.05, 0.1) is 10.4 Å². The summed E-state index contributed by atoms with van der Waals surface area (Å²) in [5, 5.41) is 0.953. The molecular formula is C14H13N3S. The molecule has 0 atom stereocenters. The molecular weight excluding hydrogens is 242 g/mol. The van der Waals surface area contributed by atoms with Crippen molar-refractivity contribution in [2.45, 2.75) is 13.8 Å². The molecule has 3 aromatic rings. The average Bonchev–Trinajstić information content (AvgIpc) is 2.75. The van der Waals surface area contributed by atoms with Gasteiger partial charge in [0.25, 0.3) is 0 Å². The monoisotopic (exact) mass is 255 g/mol. The molecule has 2 N–H and O–H groups in total. The molecule has 0 amide bonds. The second-order valence-electron chi connectivity index (χ2n) is 4.31. The van der Waals surface area contributed by atoms with Crippen LogP contribution in [0.15, 0.2) is 30.3 Å². The number of benzene rings is 1. The number of aryl methyl sites for hydroxylation is 2. The molecule has 0 saturated carbocycles. The first-order valence-electron chi connectivity index (χ1n) is 5.75. The van der Waals surface area contributed by atoms with Gasteiger partial charge in [-0.3, -0.25) is 0 Å². The zero-order valence-corrected chi connectivity index (χ0v) is 11.1. The van der Waals surface area contributed by atoms with Crippen molar-refractivity contribution in [3.05, 3.63) is 40.8 Å². The van der Waals surface area contributed by atoms with Crippen LogP contribution in [0, 0.1) is 13.8 Å². The summed E-state index contributed by atoms with van der Waals surface area (Å²) < 4.78 is 0. The van der Waals surface area contributed by atoms with Gasteiger partial charge in [-0.15, -0.1) is 11.3 Å². The van der Waals surface area contributed by atoms with E-state index in [1.807, 2.05) is 31.2 Å². The Labute approximate surface area is 109 Å². The third-order valence-corrected chi connectivity index (χ3v) is 3.92. The number of aromatic nitrogens is 2. The number of fused-ring (bicyclic) bond motifs is 1. The maximum atomic E-state index is 6.06. The van der Waals surface area contributed by atoms with Gasteiger partial charge >= 0.3 is 0 Å². The lowest BCUT2D eigenvalue weighted by Gasteiger charge is -2.06. The number of nitrogens with two attached hydrogens (primary N) is 1. The Balaban J connectivity index is 2.28. The van der Waals surface area contributed by atoms with Crippen LogP contribution < -0.4 is 5.73 Å². The lowest BCUT2D eigenvalue weighted by molar-refractivity contribution is 1.24. The van der Waals surface area contributed by atoms with Crippen molar-refractivity contribution in [1.82, 2.24) is 9.97 Å². The Bertz CT molecular complexity index is 731. The molecule has 4 heteroatoms. The summed E-state index contributed by atoms with van der Waals surface area (Å²) in [5.41, 5.74) is 8.07. The van der Waals surface area contributed by atoms with Crippen LogP contribution in [0.4, 0.5) is 5.82 Å². The number of nitrogens with zero attached hydrogens (tertiary/aromatic N) is 2. The van der Waals surface area contributed by atoms with E-state index in [0.29, 0.717) is 11.6 Å². The van der Waals surface area contributed by atoms with Crippen molar-refractivity contribution in [3.63, 3.8) is 0 Å². The molecule has 0 radical (unpaired) electrons. The molecule has 3 rings (SSSR count). The van der Waals surface area contributed by atoms with Gasteiger partial charge < -0.3 is 5.73 Å². The van der Waals surface area contributed by atoms with Gasteiger partial charge in [0.2, 0.25) is 0 Å². The molecule has 0 fully saturated rings. The van der Waals surface area contributed by atoms with Crippen molar-refractivity contribution >= 4 is 28.1 Å². The highest BCUT2D eigenvalue weighted by Gasteiger charge is 2.10. The summed E-state index contributed by atoms with van der Waals surface area (Å²) in [6.45, 7) is 4.10. The quantitative estimate of drug-likeness (QED) is 0.723. The van der Waals surface area contributed by atoms with Gasteiger partial charge in [-0.05, 0) is 37.6 Å². The highest BCUT2D eigenvalue weighted by molar-refractivity contribution is 7.15. The van der Waals surface area contributed by atoms with Crippen LogP contribution in [0.3, 0.4) is 0 Å². The highest BCUT2D eigenvalue weighted by Crippen LogP contribution is 2.29. The van der Waals surface area contributed by atoms with Crippen LogP contribution in [-0.4, -0.2) is 9.97 Å². The standard InChI is InChI=1S/C14H13N3S/c1-8-4-3-5-10-12(8)13(15)17-14(16-10)11-7-6-9(2)18-11/h3-7H,1-2H3,(H2,15,16,17). The summed E-state index contributed by atoms with van der Waals surface area (Å²) in [7, 11) is 0. The fraction of sp³-hybridized carbons (Fsp3) is 0.143. The Hall–Kier alpha value is -1.94.